The molecule has 4 heterocycles. The van der Waals surface area contributed by atoms with Crippen LogP contribution in [0.2, 0.25) is 0 Å². The molecule has 9 nitrogen and oxygen atoms in total. The molecule has 0 radical (unpaired) electrons. The van der Waals surface area contributed by atoms with Crippen molar-refractivity contribution in [3.63, 3.8) is 0 Å². The van der Waals surface area contributed by atoms with Crippen LogP contribution >= 0.6 is 0 Å². The third-order valence-electron chi connectivity index (χ3n) is 10.3. The number of pyridine rings is 1. The van der Waals surface area contributed by atoms with Gasteiger partial charge in [-0.1, -0.05) is 72.8 Å². The molecule has 51 heavy (non-hydrogen) atoms. The van der Waals surface area contributed by atoms with Crippen LogP contribution in [0.1, 0.15) is 59.1 Å². The van der Waals surface area contributed by atoms with Crippen LogP contribution in [0.15, 0.2) is 108 Å². The second kappa shape index (κ2) is 15.9. The molecular weight excluding hydrogens is 642 g/mol. The number of hydrogen-bond acceptors (Lipinski definition) is 8. The number of nitrogens with one attached hydrogen (secondary N) is 2. The van der Waals surface area contributed by atoms with Gasteiger partial charge in [0.15, 0.2) is 0 Å². The zero-order chi connectivity index (χ0) is 35.2. The first kappa shape index (κ1) is 34.5. The number of phenolic OH excluding ortho intramolecular Hbond substituents is 1. The van der Waals surface area contributed by atoms with E-state index < -0.39 is 6.10 Å². The molecule has 264 valence electrons. The van der Waals surface area contributed by atoms with Gasteiger partial charge in [0.05, 0.1) is 18.0 Å². The van der Waals surface area contributed by atoms with Gasteiger partial charge < -0.3 is 30.0 Å². The highest BCUT2D eigenvalue weighted by Crippen LogP contribution is 2.34. The van der Waals surface area contributed by atoms with E-state index in [4.69, 9.17) is 9.47 Å². The van der Waals surface area contributed by atoms with Gasteiger partial charge in [0.25, 0.3) is 0 Å². The standard InChI is InChI=1S/C42H45N3O6/c46-37-14-12-34(35-13-15-40(48)44-42(35)37)38(47)25-43-19-16-28-6-4-7-29(22-28)27-50-33-11-5-10-32(23-33)36(30-8-2-1-3-9-30)24-41(49)51-39-26-45-20-17-31(39)18-21-45/h1-15,22-23,31,36,38-39,43,46-47H,16-21,24-27H2,(H,44,48)/t36?,38-,39-/m0/s1. The number of aliphatic hydroxyl groups excluding tert-OH is 1. The molecule has 3 aliphatic rings. The van der Waals surface area contributed by atoms with E-state index in [1.54, 1.807) is 12.1 Å². The number of aromatic nitrogens is 1. The molecule has 3 saturated heterocycles. The van der Waals surface area contributed by atoms with E-state index >= 15 is 0 Å². The molecule has 3 aliphatic heterocycles. The summed E-state index contributed by atoms with van der Waals surface area (Å²) in [7, 11) is 0. The van der Waals surface area contributed by atoms with E-state index in [1.807, 2.05) is 48.5 Å². The largest absolute Gasteiger partial charge is 0.506 e. The van der Waals surface area contributed by atoms with Gasteiger partial charge in [0, 0.05) is 30.5 Å². The molecule has 0 saturated carbocycles. The molecule has 2 bridgehead atoms. The topological polar surface area (TPSA) is 124 Å². The molecule has 3 atom stereocenters. The Morgan fingerprint density at radius 2 is 1.69 bits per heavy atom. The predicted octanol–water partition coefficient (Wildman–Crippen LogP) is 5.84. The number of carbonyl (C=O) groups excluding carboxylic acids is 1. The fourth-order valence-corrected chi connectivity index (χ4v) is 7.54. The minimum Gasteiger partial charge on any atom is -0.506 e. The Bertz CT molecular complexity index is 2010. The van der Waals surface area contributed by atoms with E-state index in [0.29, 0.717) is 42.1 Å². The number of hydrogen-bond donors (Lipinski definition) is 4. The van der Waals surface area contributed by atoms with Gasteiger partial charge in [-0.25, -0.2) is 0 Å². The number of H-pyrrole nitrogens is 1. The fraction of sp³-hybridized carbons (Fsp3) is 0.333. The average molecular weight is 688 g/mol. The molecule has 0 spiro atoms. The number of aliphatic hydroxyl groups is 1. The van der Waals surface area contributed by atoms with Crippen molar-refractivity contribution in [1.82, 2.24) is 15.2 Å². The summed E-state index contributed by atoms with van der Waals surface area (Å²) in [6.07, 6.45) is 2.42. The Hall–Kier alpha value is -4.96. The summed E-state index contributed by atoms with van der Waals surface area (Å²) in [6.45, 7) is 4.44. The second-order valence-corrected chi connectivity index (χ2v) is 13.8. The summed E-state index contributed by atoms with van der Waals surface area (Å²) in [5.74, 6) is 0.888. The summed E-state index contributed by atoms with van der Waals surface area (Å²) in [5, 5.41) is 24.9. The Labute approximate surface area is 297 Å². The number of ether oxygens (including phenoxy) is 2. The highest BCUT2D eigenvalue weighted by Gasteiger charge is 2.37. The van der Waals surface area contributed by atoms with Crippen molar-refractivity contribution in [2.24, 2.45) is 5.92 Å². The molecule has 0 aliphatic carbocycles. The number of piperidine rings is 3. The highest BCUT2D eigenvalue weighted by atomic mass is 16.5. The lowest BCUT2D eigenvalue weighted by Gasteiger charge is -2.44. The lowest BCUT2D eigenvalue weighted by atomic mass is 9.85. The number of aromatic amines is 1. The summed E-state index contributed by atoms with van der Waals surface area (Å²) in [4.78, 5) is 30.1. The van der Waals surface area contributed by atoms with Crippen molar-refractivity contribution in [2.45, 2.75) is 50.4 Å². The third-order valence-corrected chi connectivity index (χ3v) is 10.3. The molecule has 9 heteroatoms. The van der Waals surface area contributed by atoms with E-state index in [0.717, 1.165) is 66.9 Å². The Kier molecular flexibility index (Phi) is 10.8. The van der Waals surface area contributed by atoms with Gasteiger partial charge in [-0.15, -0.1) is 0 Å². The van der Waals surface area contributed by atoms with Crippen LogP contribution in [0.25, 0.3) is 10.9 Å². The molecular formula is C42H45N3O6. The predicted molar refractivity (Wildman–Crippen MR) is 197 cm³/mol. The molecule has 4 aromatic carbocycles. The molecule has 1 unspecified atom stereocenters. The summed E-state index contributed by atoms with van der Waals surface area (Å²) < 4.78 is 12.4. The van der Waals surface area contributed by atoms with Crippen molar-refractivity contribution in [1.29, 1.82) is 0 Å². The van der Waals surface area contributed by atoms with Gasteiger partial charge in [-0.3, -0.25) is 14.5 Å². The average Bonchev–Trinajstić information content (AvgIpc) is 3.16. The quantitative estimate of drug-likeness (QED) is 0.0849. The third kappa shape index (κ3) is 8.51. The summed E-state index contributed by atoms with van der Waals surface area (Å²) in [6, 6.07) is 32.6. The number of aromatic hydroxyl groups is 1. The normalized spacial score (nSPS) is 19.4. The monoisotopic (exact) mass is 687 g/mol. The number of benzene rings is 4. The van der Waals surface area contributed by atoms with E-state index in [-0.39, 0.29) is 35.7 Å². The number of rotatable bonds is 14. The van der Waals surface area contributed by atoms with Crippen LogP contribution in [-0.2, 0) is 22.6 Å². The zero-order valence-corrected chi connectivity index (χ0v) is 28.7. The number of carbonyl (C=O) groups is 1. The lowest BCUT2D eigenvalue weighted by molar-refractivity contribution is -0.159. The molecule has 8 rings (SSSR count). The zero-order valence-electron chi connectivity index (χ0n) is 28.7. The van der Waals surface area contributed by atoms with Crippen LogP contribution in [0.5, 0.6) is 11.5 Å². The van der Waals surface area contributed by atoms with Crippen molar-refractivity contribution < 1.29 is 24.5 Å². The Balaban J connectivity index is 0.939. The minimum absolute atomic E-state index is 0.00979. The SMILES string of the molecule is O=C(CC(c1ccccc1)c1cccc(OCc2cccc(CCNC[C@H](O)c3ccc(O)c4[nH]c(=O)ccc34)c2)c1)O[C@H]1CN2CCC1CC2. The molecule has 0 amide bonds. The van der Waals surface area contributed by atoms with Crippen molar-refractivity contribution in [2.75, 3.05) is 32.7 Å². The van der Waals surface area contributed by atoms with Crippen LogP contribution in [0.4, 0.5) is 0 Å². The van der Waals surface area contributed by atoms with Crippen LogP contribution < -0.4 is 15.6 Å². The van der Waals surface area contributed by atoms with Crippen LogP contribution in [0, 0.1) is 5.92 Å². The van der Waals surface area contributed by atoms with E-state index in [1.165, 1.54) is 12.1 Å². The number of esters is 1. The number of nitrogens with zero attached hydrogens (tertiary/aromatic N) is 1. The number of fused-ring (bicyclic) bond motifs is 4. The maximum Gasteiger partial charge on any atom is 0.307 e. The van der Waals surface area contributed by atoms with Gasteiger partial charge in [-0.2, -0.15) is 0 Å². The first-order valence-corrected chi connectivity index (χ1v) is 17.9. The lowest BCUT2D eigenvalue weighted by Crippen LogP contribution is -2.52. The maximum absolute atomic E-state index is 13.3. The second-order valence-electron chi connectivity index (χ2n) is 13.8. The van der Waals surface area contributed by atoms with Gasteiger partial charge in [-0.05, 0) is 96.9 Å². The minimum atomic E-state index is -0.813. The van der Waals surface area contributed by atoms with Gasteiger partial charge in [0.2, 0.25) is 5.56 Å². The van der Waals surface area contributed by atoms with Gasteiger partial charge in [0.1, 0.15) is 24.2 Å². The molecule has 3 fully saturated rings. The number of phenols is 1. The van der Waals surface area contributed by atoms with Crippen molar-refractivity contribution in [3.05, 3.63) is 141 Å². The maximum atomic E-state index is 13.3. The van der Waals surface area contributed by atoms with Crippen molar-refractivity contribution in [3.8, 4) is 11.5 Å². The van der Waals surface area contributed by atoms with Crippen molar-refractivity contribution >= 4 is 16.9 Å². The first-order valence-electron chi connectivity index (χ1n) is 17.9. The Morgan fingerprint density at radius 1 is 0.902 bits per heavy atom. The molecule has 5 aromatic rings. The first-order chi connectivity index (χ1) is 24.9. The van der Waals surface area contributed by atoms with Crippen LogP contribution in [0.3, 0.4) is 0 Å². The van der Waals surface area contributed by atoms with E-state index in [9.17, 15) is 19.8 Å². The molecule has 4 N–H and O–H groups in total. The fourth-order valence-electron chi connectivity index (χ4n) is 7.54. The summed E-state index contributed by atoms with van der Waals surface area (Å²) in [5.41, 5.74) is 4.92. The van der Waals surface area contributed by atoms with Crippen LogP contribution in [-0.4, -0.2) is 64.9 Å². The highest BCUT2D eigenvalue weighted by molar-refractivity contribution is 5.87. The van der Waals surface area contributed by atoms with Gasteiger partial charge >= 0.3 is 5.97 Å². The summed E-state index contributed by atoms with van der Waals surface area (Å²) >= 11 is 0. The smallest absolute Gasteiger partial charge is 0.307 e. The molecule has 1 aromatic heterocycles. The van der Waals surface area contributed by atoms with E-state index in [2.05, 4.69) is 45.5 Å². The Morgan fingerprint density at radius 3 is 2.49 bits per heavy atom.